The number of anilines is 1. The van der Waals surface area contributed by atoms with Crippen LogP contribution < -0.4 is 16.8 Å². The summed E-state index contributed by atoms with van der Waals surface area (Å²) in [6.45, 7) is 0.0860. The molecule has 2 aliphatic rings. The number of para-hydroxylation sites is 1. The van der Waals surface area contributed by atoms with Gasteiger partial charge in [-0.1, -0.05) is 64.7 Å². The molecule has 0 spiro atoms. The van der Waals surface area contributed by atoms with E-state index in [0.29, 0.717) is 42.9 Å². The minimum absolute atomic E-state index is 0.0896. The number of hydrogen-bond acceptors (Lipinski definition) is 9. The molecule has 2 saturated heterocycles. The highest BCUT2D eigenvalue weighted by Crippen LogP contribution is 2.33. The van der Waals surface area contributed by atoms with E-state index in [4.69, 9.17) is 39.8 Å². The SMILES string of the molecule is C#CCN(C(=O)NCc1ccc(Cl)c(Cl)c1)N1CC(=O)N2[C@@H](Cc3ccc4oc(=O)[nH]c4c3)C(=O)N(Cc3cccc4sc(N)nc34)C[C@@H]21. The average molecular weight is 720 g/mol. The Balaban J connectivity index is 1.21. The minimum Gasteiger partial charge on any atom is -0.408 e. The molecule has 3 aromatic carbocycles. The first-order valence-electron chi connectivity index (χ1n) is 15.1. The van der Waals surface area contributed by atoms with Gasteiger partial charge in [-0.2, -0.15) is 5.01 Å². The number of nitrogen functional groups attached to an aromatic ring is 1. The zero-order valence-corrected chi connectivity index (χ0v) is 28.0. The number of halogens is 2. The number of nitrogens with zero attached hydrogens (tertiary/aromatic N) is 5. The van der Waals surface area contributed by atoms with Gasteiger partial charge in [0.1, 0.15) is 12.2 Å². The molecule has 2 aromatic heterocycles. The van der Waals surface area contributed by atoms with Crippen molar-refractivity contribution in [2.45, 2.75) is 31.7 Å². The lowest BCUT2D eigenvalue weighted by Crippen LogP contribution is -2.66. The van der Waals surface area contributed by atoms with Gasteiger partial charge >= 0.3 is 11.8 Å². The van der Waals surface area contributed by atoms with Crippen LogP contribution in [0.25, 0.3) is 21.3 Å². The molecule has 2 aliphatic heterocycles. The topological polar surface area (TPSA) is 161 Å². The van der Waals surface area contributed by atoms with Gasteiger partial charge in [0.25, 0.3) is 0 Å². The number of amides is 4. The van der Waals surface area contributed by atoms with Crippen molar-refractivity contribution in [1.82, 2.24) is 35.1 Å². The van der Waals surface area contributed by atoms with E-state index in [0.717, 1.165) is 10.3 Å². The summed E-state index contributed by atoms with van der Waals surface area (Å²) in [4.78, 5) is 63.9. The van der Waals surface area contributed by atoms with E-state index >= 15 is 0 Å². The van der Waals surface area contributed by atoms with E-state index in [1.165, 1.54) is 21.2 Å². The van der Waals surface area contributed by atoms with Gasteiger partial charge in [-0.3, -0.25) is 14.6 Å². The Bertz CT molecular complexity index is 2230. The molecular formula is C33H28Cl2N8O5S. The molecule has 0 aliphatic carbocycles. The highest BCUT2D eigenvalue weighted by molar-refractivity contribution is 7.22. The molecule has 4 amide bonds. The number of benzene rings is 3. The normalized spacial score (nSPS) is 17.9. The molecule has 16 heteroatoms. The maximum Gasteiger partial charge on any atom is 0.417 e. The van der Waals surface area contributed by atoms with Crippen LogP contribution >= 0.6 is 34.5 Å². The maximum atomic E-state index is 14.3. The van der Waals surface area contributed by atoms with Gasteiger partial charge in [-0.25, -0.2) is 19.6 Å². The quantitative estimate of drug-likeness (QED) is 0.204. The van der Waals surface area contributed by atoms with Gasteiger partial charge in [0, 0.05) is 19.5 Å². The van der Waals surface area contributed by atoms with Gasteiger partial charge in [0.15, 0.2) is 10.7 Å². The fourth-order valence-electron chi connectivity index (χ4n) is 6.38. The summed E-state index contributed by atoms with van der Waals surface area (Å²) >= 11 is 13.6. The number of nitrogens with one attached hydrogen (secondary N) is 2. The van der Waals surface area contributed by atoms with Crippen LogP contribution in [0.5, 0.6) is 0 Å². The van der Waals surface area contributed by atoms with Crippen LogP contribution in [0.2, 0.25) is 10.0 Å². The summed E-state index contributed by atoms with van der Waals surface area (Å²) in [5.41, 5.74) is 9.76. The summed E-state index contributed by atoms with van der Waals surface area (Å²) in [6.07, 6.45) is 5.14. The monoisotopic (exact) mass is 718 g/mol. The first kappa shape index (κ1) is 32.5. The molecule has 2 atom stereocenters. The van der Waals surface area contributed by atoms with E-state index in [1.807, 2.05) is 18.2 Å². The molecule has 2 fully saturated rings. The Kier molecular flexibility index (Phi) is 8.68. The van der Waals surface area contributed by atoms with E-state index in [2.05, 4.69) is 21.2 Å². The number of carbonyl (C=O) groups is 3. The number of piperazine rings is 1. The van der Waals surface area contributed by atoms with E-state index in [-0.39, 0.29) is 51.0 Å². The second-order valence-corrected chi connectivity index (χ2v) is 13.5. The second kappa shape index (κ2) is 13.1. The van der Waals surface area contributed by atoms with Crippen LogP contribution in [0, 0.1) is 12.3 Å². The Morgan fingerprint density at radius 2 is 1.96 bits per heavy atom. The van der Waals surface area contributed by atoms with Crippen molar-refractivity contribution >= 4 is 78.8 Å². The number of nitrogens with two attached hydrogens (primary N) is 1. The van der Waals surface area contributed by atoms with Crippen molar-refractivity contribution in [3.8, 4) is 12.3 Å². The molecule has 4 heterocycles. The van der Waals surface area contributed by atoms with Crippen molar-refractivity contribution in [1.29, 1.82) is 0 Å². The zero-order valence-electron chi connectivity index (χ0n) is 25.7. The lowest BCUT2D eigenvalue weighted by molar-refractivity contribution is -0.157. The Morgan fingerprint density at radius 1 is 1.14 bits per heavy atom. The van der Waals surface area contributed by atoms with Crippen LogP contribution in [0.15, 0.2) is 63.8 Å². The minimum atomic E-state index is -0.931. The second-order valence-electron chi connectivity index (χ2n) is 11.6. The van der Waals surface area contributed by atoms with Gasteiger partial charge in [-0.15, -0.1) is 6.42 Å². The number of urea groups is 1. The lowest BCUT2D eigenvalue weighted by Gasteiger charge is -2.46. The lowest BCUT2D eigenvalue weighted by atomic mass is 9.99. The van der Waals surface area contributed by atoms with E-state index in [9.17, 15) is 19.2 Å². The summed E-state index contributed by atoms with van der Waals surface area (Å²) < 4.78 is 6.03. The molecule has 250 valence electrons. The number of carbonyl (C=O) groups excluding carboxylic acids is 3. The third-order valence-corrected chi connectivity index (χ3v) is 10.2. The van der Waals surface area contributed by atoms with Crippen molar-refractivity contribution < 1.29 is 18.8 Å². The molecule has 4 N–H and O–H groups in total. The number of aromatic nitrogens is 2. The Morgan fingerprint density at radius 3 is 2.76 bits per heavy atom. The fraction of sp³-hybridized carbons (Fsp3) is 0.242. The molecular weight excluding hydrogens is 691 g/mol. The predicted octanol–water partition coefficient (Wildman–Crippen LogP) is 3.80. The molecule has 0 radical (unpaired) electrons. The number of hydrazine groups is 1. The van der Waals surface area contributed by atoms with Gasteiger partial charge in [0.2, 0.25) is 11.8 Å². The predicted molar refractivity (Wildman–Crippen MR) is 185 cm³/mol. The van der Waals surface area contributed by atoms with Gasteiger partial charge in [0.05, 0.1) is 45.4 Å². The van der Waals surface area contributed by atoms with Crippen LogP contribution in [-0.4, -0.2) is 79.5 Å². The number of fused-ring (bicyclic) bond motifs is 3. The first-order valence-corrected chi connectivity index (χ1v) is 16.7. The molecule has 7 rings (SSSR count). The molecule has 13 nitrogen and oxygen atoms in total. The fourth-order valence-corrected chi connectivity index (χ4v) is 7.48. The van der Waals surface area contributed by atoms with Gasteiger partial charge < -0.3 is 25.3 Å². The molecule has 0 bridgehead atoms. The molecule has 5 aromatic rings. The number of H-pyrrole nitrogens is 1. The van der Waals surface area contributed by atoms with E-state index in [1.54, 1.807) is 46.3 Å². The third kappa shape index (κ3) is 6.29. The summed E-state index contributed by atoms with van der Waals surface area (Å²) in [7, 11) is 0. The van der Waals surface area contributed by atoms with Crippen LogP contribution in [0.3, 0.4) is 0 Å². The molecule has 0 unspecified atom stereocenters. The van der Waals surface area contributed by atoms with Crippen molar-refractivity contribution in [2.75, 3.05) is 25.4 Å². The number of thiazole rings is 1. The van der Waals surface area contributed by atoms with Crippen LogP contribution in [0.1, 0.15) is 16.7 Å². The van der Waals surface area contributed by atoms with E-state index < -0.39 is 24.0 Å². The molecule has 49 heavy (non-hydrogen) atoms. The smallest absolute Gasteiger partial charge is 0.408 e. The molecule has 0 saturated carbocycles. The van der Waals surface area contributed by atoms with Crippen molar-refractivity contribution in [3.05, 3.63) is 91.9 Å². The third-order valence-electron chi connectivity index (χ3n) is 8.57. The largest absolute Gasteiger partial charge is 0.417 e. The van der Waals surface area contributed by atoms with Crippen molar-refractivity contribution in [3.63, 3.8) is 0 Å². The summed E-state index contributed by atoms with van der Waals surface area (Å²) in [6, 6.07) is 14.4. The zero-order chi connectivity index (χ0) is 34.4. The Hall–Kier alpha value is -5.07. The number of rotatable bonds is 8. The Labute approximate surface area is 293 Å². The maximum absolute atomic E-state index is 14.3. The summed E-state index contributed by atoms with van der Waals surface area (Å²) in [5.74, 6) is 1.31. The summed E-state index contributed by atoms with van der Waals surface area (Å²) in [5, 5.41) is 6.92. The average Bonchev–Trinajstić information content (AvgIpc) is 3.75. The highest BCUT2D eigenvalue weighted by Gasteiger charge is 2.52. The number of aromatic amines is 1. The number of oxazole rings is 1. The van der Waals surface area contributed by atoms with Crippen LogP contribution in [-0.2, 0) is 29.1 Å². The highest BCUT2D eigenvalue weighted by atomic mass is 35.5. The van der Waals surface area contributed by atoms with Crippen molar-refractivity contribution in [2.24, 2.45) is 0 Å². The van der Waals surface area contributed by atoms with Gasteiger partial charge in [-0.05, 0) is 47.0 Å². The van der Waals surface area contributed by atoms with Crippen LogP contribution in [0.4, 0.5) is 9.93 Å². The standard InChI is InChI=1S/C33H28Cl2N8O5S/c1-2-10-41(32(46)37-14-19-6-8-21(34)22(35)11-19)42-17-28(44)43-24(13-18-7-9-25-23(12-18)38-33(47)48-25)30(45)40(16-27(42)43)15-20-4-3-5-26-29(20)39-31(36)49-26/h1,3-9,11-12,24,27H,10,13-17H2,(H2,36,39)(H,37,46)(H,38,47)/t24-,27+/m0/s1. The first-order chi connectivity index (χ1) is 23.6. The number of terminal acetylenes is 1. The number of hydrogen-bond donors (Lipinski definition) is 3.